The van der Waals surface area contributed by atoms with Crippen LogP contribution in [0.2, 0.25) is 0 Å². The summed E-state index contributed by atoms with van der Waals surface area (Å²) in [6, 6.07) is 8.23. The summed E-state index contributed by atoms with van der Waals surface area (Å²) in [7, 11) is 0.866. The normalized spacial score (nSPS) is 13.5. The Morgan fingerprint density at radius 3 is 2.16 bits per heavy atom. The zero-order chi connectivity index (χ0) is 19.1. The maximum Gasteiger partial charge on any atom is 0.492 e. The van der Waals surface area contributed by atoms with E-state index in [0.717, 1.165) is 7.11 Å². The molecular weight excluding hydrogens is 349 g/mol. The molecular formula is C14H15F3N2O6. The van der Waals surface area contributed by atoms with Crippen LogP contribution in [0.25, 0.3) is 0 Å². The average Bonchev–Trinajstić information content (AvgIpc) is 2.60. The van der Waals surface area contributed by atoms with Crippen LogP contribution in [-0.4, -0.2) is 43.3 Å². The lowest BCUT2D eigenvalue weighted by Gasteiger charge is -2.27. The Labute approximate surface area is 140 Å². The predicted octanol–water partition coefficient (Wildman–Crippen LogP) is 0.210. The standard InChI is InChI=1S/C14H15F3N2O6/c1-23-10(20)13(8-18,19-25-12(22)14(15,16)17)11(21)24-7-9-5-3-2-4-6-9/h2-6,19H,7-8,18H2,1H3/t13-/m0/s1. The number of nitrogens with one attached hydrogen (secondary N) is 1. The van der Waals surface area contributed by atoms with E-state index < -0.39 is 36.2 Å². The fraction of sp³-hybridized carbons (Fsp3) is 0.357. The molecule has 1 atom stereocenters. The van der Waals surface area contributed by atoms with Gasteiger partial charge in [0.15, 0.2) is 0 Å². The van der Waals surface area contributed by atoms with E-state index in [9.17, 15) is 27.6 Å². The number of hydrogen-bond acceptors (Lipinski definition) is 8. The van der Waals surface area contributed by atoms with Gasteiger partial charge in [-0.2, -0.15) is 13.2 Å². The second-order valence-corrected chi connectivity index (χ2v) is 4.65. The number of hydrogen-bond donors (Lipinski definition) is 2. The molecule has 0 spiro atoms. The highest BCUT2D eigenvalue weighted by atomic mass is 19.4. The predicted molar refractivity (Wildman–Crippen MR) is 75.3 cm³/mol. The summed E-state index contributed by atoms with van der Waals surface area (Å²) in [5, 5.41) is 0. The van der Waals surface area contributed by atoms with Crippen molar-refractivity contribution in [1.29, 1.82) is 0 Å². The summed E-state index contributed by atoms with van der Waals surface area (Å²) in [6.45, 7) is -1.19. The molecule has 0 bridgehead atoms. The molecule has 0 amide bonds. The molecule has 0 aliphatic carbocycles. The zero-order valence-electron chi connectivity index (χ0n) is 13.0. The van der Waals surface area contributed by atoms with Crippen molar-refractivity contribution in [2.24, 2.45) is 5.73 Å². The maximum absolute atomic E-state index is 12.2. The fourth-order valence-corrected chi connectivity index (χ4v) is 1.59. The number of methoxy groups -OCH3 is 1. The Hall–Kier alpha value is -2.66. The average molecular weight is 364 g/mol. The van der Waals surface area contributed by atoms with Gasteiger partial charge in [-0.15, -0.1) is 5.48 Å². The van der Waals surface area contributed by atoms with Gasteiger partial charge in [-0.1, -0.05) is 30.3 Å². The quantitative estimate of drug-likeness (QED) is 0.305. The Morgan fingerprint density at radius 2 is 1.68 bits per heavy atom. The van der Waals surface area contributed by atoms with Crippen LogP contribution in [0.1, 0.15) is 5.56 Å². The first-order valence-electron chi connectivity index (χ1n) is 6.72. The summed E-state index contributed by atoms with van der Waals surface area (Å²) in [4.78, 5) is 38.6. The van der Waals surface area contributed by atoms with Crippen LogP contribution in [0.4, 0.5) is 13.2 Å². The first-order valence-corrected chi connectivity index (χ1v) is 6.72. The van der Waals surface area contributed by atoms with Crippen LogP contribution in [0.15, 0.2) is 30.3 Å². The molecule has 138 valence electrons. The third-order valence-electron chi connectivity index (χ3n) is 2.95. The molecule has 25 heavy (non-hydrogen) atoms. The van der Waals surface area contributed by atoms with Gasteiger partial charge in [-0.3, -0.25) is 0 Å². The molecule has 0 fully saturated rings. The molecule has 0 saturated carbocycles. The van der Waals surface area contributed by atoms with E-state index in [-0.39, 0.29) is 6.61 Å². The lowest BCUT2D eigenvalue weighted by atomic mass is 10.0. The van der Waals surface area contributed by atoms with Gasteiger partial charge in [0.25, 0.3) is 5.54 Å². The number of esters is 2. The maximum atomic E-state index is 12.2. The van der Waals surface area contributed by atoms with E-state index in [4.69, 9.17) is 10.5 Å². The highest BCUT2D eigenvalue weighted by molar-refractivity contribution is 6.05. The van der Waals surface area contributed by atoms with E-state index in [1.165, 1.54) is 5.48 Å². The van der Waals surface area contributed by atoms with Crippen LogP contribution in [-0.2, 0) is 35.3 Å². The zero-order valence-corrected chi connectivity index (χ0v) is 13.0. The lowest BCUT2D eigenvalue weighted by molar-refractivity contribution is -0.214. The molecule has 0 radical (unpaired) electrons. The van der Waals surface area contributed by atoms with Gasteiger partial charge in [0.1, 0.15) is 6.61 Å². The monoisotopic (exact) mass is 364 g/mol. The third kappa shape index (κ3) is 5.16. The summed E-state index contributed by atoms with van der Waals surface area (Å²) >= 11 is 0. The second kappa shape index (κ2) is 8.44. The fourth-order valence-electron chi connectivity index (χ4n) is 1.59. The Bertz CT molecular complexity index is 623. The first-order chi connectivity index (χ1) is 11.7. The molecule has 0 saturated heterocycles. The number of rotatable bonds is 7. The number of carbonyl (C=O) groups is 3. The highest BCUT2D eigenvalue weighted by Crippen LogP contribution is 2.18. The van der Waals surface area contributed by atoms with Crippen molar-refractivity contribution in [3.63, 3.8) is 0 Å². The van der Waals surface area contributed by atoms with Gasteiger partial charge in [-0.05, 0) is 5.56 Å². The molecule has 1 rings (SSSR count). The smallest absolute Gasteiger partial charge is 0.467 e. The minimum absolute atomic E-state index is 0.298. The van der Waals surface area contributed by atoms with Crippen LogP contribution in [0.5, 0.6) is 0 Å². The van der Waals surface area contributed by atoms with Crippen molar-refractivity contribution < 1.29 is 41.9 Å². The first kappa shape index (κ1) is 20.4. The van der Waals surface area contributed by atoms with E-state index in [0.29, 0.717) is 5.56 Å². The van der Waals surface area contributed by atoms with E-state index in [1.54, 1.807) is 30.3 Å². The molecule has 1 aromatic carbocycles. The number of carbonyl (C=O) groups excluding carboxylic acids is 3. The van der Waals surface area contributed by atoms with Crippen molar-refractivity contribution >= 4 is 17.9 Å². The molecule has 0 aliphatic rings. The number of benzene rings is 1. The van der Waals surface area contributed by atoms with Crippen LogP contribution in [0, 0.1) is 0 Å². The summed E-state index contributed by atoms with van der Waals surface area (Å²) in [5.74, 6) is -5.44. The minimum Gasteiger partial charge on any atom is -0.467 e. The number of hydroxylamine groups is 1. The van der Waals surface area contributed by atoms with Crippen LogP contribution >= 0.6 is 0 Å². The van der Waals surface area contributed by atoms with Gasteiger partial charge in [0.2, 0.25) is 0 Å². The third-order valence-corrected chi connectivity index (χ3v) is 2.95. The Morgan fingerprint density at radius 1 is 1.08 bits per heavy atom. The molecule has 0 aliphatic heterocycles. The molecule has 1 aromatic rings. The molecule has 11 heteroatoms. The van der Waals surface area contributed by atoms with Crippen LogP contribution in [0.3, 0.4) is 0 Å². The highest BCUT2D eigenvalue weighted by Gasteiger charge is 2.51. The Balaban J connectivity index is 2.92. The van der Waals surface area contributed by atoms with Crippen molar-refractivity contribution in [1.82, 2.24) is 5.48 Å². The van der Waals surface area contributed by atoms with Gasteiger partial charge in [0, 0.05) is 6.54 Å². The van der Waals surface area contributed by atoms with E-state index in [1.807, 2.05) is 0 Å². The van der Waals surface area contributed by atoms with E-state index >= 15 is 0 Å². The van der Waals surface area contributed by atoms with Crippen molar-refractivity contribution in [2.45, 2.75) is 18.3 Å². The summed E-state index contributed by atoms with van der Waals surface area (Å²) in [5.41, 5.74) is 4.64. The van der Waals surface area contributed by atoms with Gasteiger partial charge in [-0.25, -0.2) is 14.4 Å². The number of nitrogens with two attached hydrogens (primary N) is 1. The van der Waals surface area contributed by atoms with Crippen molar-refractivity contribution in [3.8, 4) is 0 Å². The van der Waals surface area contributed by atoms with Gasteiger partial charge in [0.05, 0.1) is 7.11 Å². The SMILES string of the molecule is COC(=O)[C@](CN)(NOC(=O)C(F)(F)F)C(=O)OCc1ccccc1. The summed E-state index contributed by atoms with van der Waals surface area (Å²) < 4.78 is 45.8. The van der Waals surface area contributed by atoms with Gasteiger partial charge >= 0.3 is 24.1 Å². The second-order valence-electron chi connectivity index (χ2n) is 4.65. The molecule has 0 aromatic heterocycles. The topological polar surface area (TPSA) is 117 Å². The lowest BCUT2D eigenvalue weighted by Crippen LogP contribution is -2.64. The number of ether oxygens (including phenoxy) is 2. The molecule has 3 N–H and O–H groups in total. The number of halogens is 3. The van der Waals surface area contributed by atoms with Crippen molar-refractivity contribution in [3.05, 3.63) is 35.9 Å². The minimum atomic E-state index is -5.35. The molecule has 0 heterocycles. The summed E-state index contributed by atoms with van der Waals surface area (Å²) in [6.07, 6.45) is -5.35. The van der Waals surface area contributed by atoms with Gasteiger partial charge < -0.3 is 20.0 Å². The van der Waals surface area contributed by atoms with Crippen LogP contribution < -0.4 is 11.2 Å². The molecule has 8 nitrogen and oxygen atoms in total. The van der Waals surface area contributed by atoms with Crippen molar-refractivity contribution in [2.75, 3.05) is 13.7 Å². The Kier molecular flexibility index (Phi) is 6.88. The van der Waals surface area contributed by atoms with E-state index in [2.05, 4.69) is 9.57 Å². The molecule has 0 unspecified atom stereocenters. The largest absolute Gasteiger partial charge is 0.492 e. The number of alkyl halides is 3.